The SMILES string of the molecule is Cn1cnnc1CCNC(=O)c1sccc1C=CC(=O)O. The van der Waals surface area contributed by atoms with Crippen LogP contribution in [0.5, 0.6) is 0 Å². The predicted molar refractivity (Wildman–Crippen MR) is 78.0 cm³/mol. The first-order valence-corrected chi connectivity index (χ1v) is 7.05. The van der Waals surface area contributed by atoms with Crippen molar-refractivity contribution in [2.45, 2.75) is 6.42 Å². The molecule has 0 aliphatic heterocycles. The molecule has 0 unspecified atom stereocenters. The van der Waals surface area contributed by atoms with Crippen LogP contribution in [0.2, 0.25) is 0 Å². The van der Waals surface area contributed by atoms with E-state index in [4.69, 9.17) is 5.11 Å². The van der Waals surface area contributed by atoms with Gasteiger partial charge in [0.05, 0.1) is 4.88 Å². The highest BCUT2D eigenvalue weighted by Crippen LogP contribution is 2.18. The fourth-order valence-electron chi connectivity index (χ4n) is 1.70. The largest absolute Gasteiger partial charge is 0.478 e. The Morgan fingerprint density at radius 1 is 1.52 bits per heavy atom. The molecular weight excluding hydrogens is 292 g/mol. The van der Waals surface area contributed by atoms with Gasteiger partial charge in [0.2, 0.25) is 0 Å². The van der Waals surface area contributed by atoms with Gasteiger partial charge in [-0.3, -0.25) is 4.79 Å². The van der Waals surface area contributed by atoms with Crippen LogP contribution in [0.4, 0.5) is 0 Å². The number of thiophene rings is 1. The minimum Gasteiger partial charge on any atom is -0.478 e. The second-order valence-electron chi connectivity index (χ2n) is 4.24. The van der Waals surface area contributed by atoms with E-state index in [9.17, 15) is 9.59 Å². The first-order chi connectivity index (χ1) is 10.1. The van der Waals surface area contributed by atoms with Crippen molar-refractivity contribution in [2.75, 3.05) is 6.54 Å². The summed E-state index contributed by atoms with van der Waals surface area (Å²) in [5, 5.41) is 20.8. The highest BCUT2D eigenvalue weighted by molar-refractivity contribution is 7.12. The average Bonchev–Trinajstić information content (AvgIpc) is 3.05. The summed E-state index contributed by atoms with van der Waals surface area (Å²) in [5.41, 5.74) is 0.596. The first-order valence-electron chi connectivity index (χ1n) is 6.17. The number of carbonyl (C=O) groups is 2. The van der Waals surface area contributed by atoms with Crippen molar-refractivity contribution in [1.82, 2.24) is 20.1 Å². The number of carbonyl (C=O) groups excluding carboxylic acids is 1. The van der Waals surface area contributed by atoms with Crippen LogP contribution in [0.25, 0.3) is 6.08 Å². The van der Waals surface area contributed by atoms with E-state index in [1.54, 1.807) is 22.3 Å². The molecule has 0 aliphatic carbocycles. The highest BCUT2D eigenvalue weighted by atomic mass is 32.1. The zero-order valence-electron chi connectivity index (χ0n) is 11.3. The Kier molecular flexibility index (Phi) is 4.83. The quantitative estimate of drug-likeness (QED) is 0.774. The highest BCUT2D eigenvalue weighted by Gasteiger charge is 2.11. The lowest BCUT2D eigenvalue weighted by Crippen LogP contribution is -2.26. The monoisotopic (exact) mass is 306 g/mol. The zero-order valence-corrected chi connectivity index (χ0v) is 12.1. The average molecular weight is 306 g/mol. The molecule has 8 heteroatoms. The van der Waals surface area contributed by atoms with E-state index in [-0.39, 0.29) is 5.91 Å². The fraction of sp³-hybridized carbons (Fsp3) is 0.231. The summed E-state index contributed by atoms with van der Waals surface area (Å²) in [6.07, 6.45) is 4.61. The van der Waals surface area contributed by atoms with E-state index >= 15 is 0 Å². The van der Waals surface area contributed by atoms with E-state index in [2.05, 4.69) is 15.5 Å². The number of rotatable bonds is 6. The topological polar surface area (TPSA) is 97.1 Å². The van der Waals surface area contributed by atoms with Crippen molar-refractivity contribution < 1.29 is 14.7 Å². The molecule has 0 saturated carbocycles. The Morgan fingerprint density at radius 3 is 3.00 bits per heavy atom. The van der Waals surface area contributed by atoms with Gasteiger partial charge >= 0.3 is 5.97 Å². The molecule has 0 aromatic carbocycles. The number of hydrogen-bond donors (Lipinski definition) is 2. The van der Waals surface area contributed by atoms with Crippen LogP contribution in [0, 0.1) is 0 Å². The lowest BCUT2D eigenvalue weighted by atomic mass is 10.2. The van der Waals surface area contributed by atoms with Gasteiger partial charge < -0.3 is 15.0 Å². The Hall–Kier alpha value is -2.48. The number of nitrogens with one attached hydrogen (secondary N) is 1. The van der Waals surface area contributed by atoms with Gasteiger partial charge in [0.25, 0.3) is 5.91 Å². The lowest BCUT2D eigenvalue weighted by molar-refractivity contribution is -0.131. The summed E-state index contributed by atoms with van der Waals surface area (Å²) in [6.45, 7) is 0.436. The molecule has 1 amide bonds. The summed E-state index contributed by atoms with van der Waals surface area (Å²) in [7, 11) is 1.84. The summed E-state index contributed by atoms with van der Waals surface area (Å²) in [4.78, 5) is 23.1. The minimum absolute atomic E-state index is 0.225. The number of aromatic nitrogens is 3. The van der Waals surface area contributed by atoms with Gasteiger partial charge in [0, 0.05) is 26.1 Å². The number of carboxylic acid groups (broad SMARTS) is 1. The van der Waals surface area contributed by atoms with Crippen LogP contribution in [0.3, 0.4) is 0 Å². The van der Waals surface area contributed by atoms with Gasteiger partial charge in [0.15, 0.2) is 0 Å². The number of carboxylic acids is 1. The summed E-state index contributed by atoms with van der Waals surface area (Å²) < 4.78 is 1.79. The van der Waals surface area contributed by atoms with Gasteiger partial charge in [-0.05, 0) is 23.1 Å². The molecule has 2 heterocycles. The smallest absolute Gasteiger partial charge is 0.328 e. The van der Waals surface area contributed by atoms with E-state index < -0.39 is 5.97 Å². The number of amides is 1. The maximum Gasteiger partial charge on any atom is 0.328 e. The van der Waals surface area contributed by atoms with Crippen molar-refractivity contribution in [1.29, 1.82) is 0 Å². The van der Waals surface area contributed by atoms with Crippen LogP contribution in [0.15, 0.2) is 23.8 Å². The molecule has 2 rings (SSSR count). The Balaban J connectivity index is 1.93. The molecular formula is C13H14N4O3S. The Bertz CT molecular complexity index is 675. The Labute approximate surface area is 124 Å². The zero-order chi connectivity index (χ0) is 15.2. The summed E-state index contributed by atoms with van der Waals surface area (Å²) in [5.74, 6) is -0.487. The van der Waals surface area contributed by atoms with Crippen molar-refractivity contribution >= 4 is 29.3 Å². The molecule has 0 atom stereocenters. The number of aryl methyl sites for hydroxylation is 1. The van der Waals surface area contributed by atoms with E-state index in [0.717, 1.165) is 11.9 Å². The fourth-order valence-corrected chi connectivity index (χ4v) is 2.50. The molecule has 0 radical (unpaired) electrons. The third kappa shape index (κ3) is 3.99. The second-order valence-corrected chi connectivity index (χ2v) is 5.16. The molecule has 0 spiro atoms. The van der Waals surface area contributed by atoms with E-state index in [1.807, 2.05) is 7.05 Å². The molecule has 2 N–H and O–H groups in total. The molecule has 0 fully saturated rings. The van der Waals surface area contributed by atoms with Crippen LogP contribution < -0.4 is 5.32 Å². The van der Waals surface area contributed by atoms with Gasteiger partial charge in [0.1, 0.15) is 12.2 Å². The first kappa shape index (κ1) is 14.9. The van der Waals surface area contributed by atoms with Gasteiger partial charge in [-0.2, -0.15) is 0 Å². The van der Waals surface area contributed by atoms with Crippen molar-refractivity contribution in [3.63, 3.8) is 0 Å². The van der Waals surface area contributed by atoms with Gasteiger partial charge in [-0.25, -0.2) is 4.79 Å². The number of hydrogen-bond acceptors (Lipinski definition) is 5. The third-order valence-corrected chi connectivity index (χ3v) is 3.68. The van der Waals surface area contributed by atoms with Crippen molar-refractivity contribution in [3.8, 4) is 0 Å². The summed E-state index contributed by atoms with van der Waals surface area (Å²) in [6, 6.07) is 1.71. The van der Waals surface area contributed by atoms with E-state index in [1.165, 1.54) is 17.4 Å². The van der Waals surface area contributed by atoms with Gasteiger partial charge in [-0.15, -0.1) is 21.5 Å². The van der Waals surface area contributed by atoms with Crippen LogP contribution in [-0.2, 0) is 18.3 Å². The molecule has 21 heavy (non-hydrogen) atoms. The molecule has 110 valence electrons. The third-order valence-electron chi connectivity index (χ3n) is 2.75. The second kappa shape index (κ2) is 6.80. The summed E-state index contributed by atoms with van der Waals surface area (Å²) >= 11 is 1.27. The Morgan fingerprint density at radius 2 is 2.33 bits per heavy atom. The van der Waals surface area contributed by atoms with Crippen molar-refractivity contribution in [2.24, 2.45) is 7.05 Å². The standard InChI is InChI=1S/C13H14N4O3S/c1-17-8-15-16-10(17)4-6-14-13(20)12-9(5-7-21-12)2-3-11(18)19/h2-3,5,7-8H,4,6H2,1H3,(H,14,20)(H,18,19). The predicted octanol–water partition coefficient (Wildman–Crippen LogP) is 0.947. The maximum absolute atomic E-state index is 12.1. The van der Waals surface area contributed by atoms with Gasteiger partial charge in [-0.1, -0.05) is 0 Å². The molecule has 7 nitrogen and oxygen atoms in total. The maximum atomic E-state index is 12.1. The molecule has 0 bridgehead atoms. The van der Waals surface area contributed by atoms with Crippen molar-refractivity contribution in [3.05, 3.63) is 40.1 Å². The number of nitrogens with zero attached hydrogens (tertiary/aromatic N) is 3. The molecule has 2 aromatic heterocycles. The van der Waals surface area contributed by atoms with Crippen LogP contribution in [-0.4, -0.2) is 38.3 Å². The molecule has 2 aromatic rings. The molecule has 0 saturated heterocycles. The van der Waals surface area contributed by atoms with Crippen LogP contribution >= 0.6 is 11.3 Å². The lowest BCUT2D eigenvalue weighted by Gasteiger charge is -2.04. The van der Waals surface area contributed by atoms with Crippen LogP contribution in [0.1, 0.15) is 21.1 Å². The molecule has 0 aliphatic rings. The normalized spacial score (nSPS) is 10.9. The number of aliphatic carboxylic acids is 1. The minimum atomic E-state index is -1.05. The van der Waals surface area contributed by atoms with E-state index in [0.29, 0.717) is 23.4 Å².